The number of hydrogen-bond acceptors (Lipinski definition) is 3. The van der Waals surface area contributed by atoms with E-state index in [2.05, 4.69) is 28.2 Å². The molecule has 0 saturated carbocycles. The molecule has 5 nitrogen and oxygen atoms in total. The molecule has 0 aliphatic rings. The molecule has 0 N–H and O–H groups in total. The third kappa shape index (κ3) is 4.28. The van der Waals surface area contributed by atoms with Gasteiger partial charge in [0.1, 0.15) is 0 Å². The highest BCUT2D eigenvalue weighted by atomic mass is 79.9. The Balaban J connectivity index is 3.41. The van der Waals surface area contributed by atoms with Crippen LogP contribution >= 0.6 is 15.9 Å². The van der Waals surface area contributed by atoms with Crippen LogP contribution in [0, 0.1) is 16.0 Å². The molecular weight excluding hydrogens is 336 g/mol. The number of nitro groups is 1. The standard InChI is InChI=1S/C15H17BrN2O3/c1-5-12(8-10(2)3)17(11(4)19)15-9-13(18(20)21)6-7-14(15)16/h6-7,9-10H,1,8H2,2-4H3. The van der Waals surface area contributed by atoms with E-state index in [9.17, 15) is 14.9 Å². The summed E-state index contributed by atoms with van der Waals surface area (Å²) in [5.41, 5.74) is 3.71. The van der Waals surface area contributed by atoms with Crippen LogP contribution in [0.15, 0.2) is 40.7 Å². The van der Waals surface area contributed by atoms with Gasteiger partial charge < -0.3 is 0 Å². The second-order valence-electron chi connectivity index (χ2n) is 4.97. The van der Waals surface area contributed by atoms with Crippen molar-refractivity contribution in [3.05, 3.63) is 50.8 Å². The second kappa shape index (κ2) is 7.20. The SMILES string of the molecule is C=C=C(CC(C)C)N(C(C)=O)c1cc([N+](=O)[O-])ccc1Br. The van der Waals surface area contributed by atoms with E-state index in [0.29, 0.717) is 28.2 Å². The van der Waals surface area contributed by atoms with Crippen molar-refractivity contribution in [3.8, 4) is 0 Å². The Bertz CT molecular complexity index is 619. The predicted molar refractivity (Wildman–Crippen MR) is 86.1 cm³/mol. The van der Waals surface area contributed by atoms with Gasteiger partial charge in [-0.25, -0.2) is 0 Å². The maximum Gasteiger partial charge on any atom is 0.271 e. The molecule has 0 heterocycles. The van der Waals surface area contributed by atoms with Crippen molar-refractivity contribution in [2.24, 2.45) is 5.92 Å². The number of carbonyl (C=O) groups excluding carboxylic acids is 1. The second-order valence-corrected chi connectivity index (χ2v) is 5.82. The Morgan fingerprint density at radius 2 is 2.14 bits per heavy atom. The molecule has 0 aliphatic heterocycles. The minimum absolute atomic E-state index is 0.0765. The number of amides is 1. The first-order chi connectivity index (χ1) is 9.77. The number of halogens is 1. The topological polar surface area (TPSA) is 63.5 Å². The maximum atomic E-state index is 12.0. The van der Waals surface area contributed by atoms with Gasteiger partial charge in [-0.1, -0.05) is 20.4 Å². The monoisotopic (exact) mass is 352 g/mol. The lowest BCUT2D eigenvalue weighted by molar-refractivity contribution is -0.384. The molecule has 0 radical (unpaired) electrons. The van der Waals surface area contributed by atoms with E-state index in [1.54, 1.807) is 6.07 Å². The summed E-state index contributed by atoms with van der Waals surface area (Å²) in [6, 6.07) is 4.30. The Labute approximate surface area is 132 Å². The smallest absolute Gasteiger partial charge is 0.271 e. The summed E-state index contributed by atoms with van der Waals surface area (Å²) >= 11 is 3.33. The van der Waals surface area contributed by atoms with E-state index in [-0.39, 0.29) is 11.6 Å². The summed E-state index contributed by atoms with van der Waals surface area (Å²) in [5, 5.41) is 10.9. The summed E-state index contributed by atoms with van der Waals surface area (Å²) in [4.78, 5) is 23.8. The van der Waals surface area contributed by atoms with E-state index in [1.165, 1.54) is 24.0 Å². The van der Waals surface area contributed by atoms with Gasteiger partial charge in [-0.05, 0) is 34.3 Å². The minimum atomic E-state index is -0.492. The zero-order valence-electron chi connectivity index (χ0n) is 12.2. The first-order valence-electron chi connectivity index (χ1n) is 6.41. The van der Waals surface area contributed by atoms with Gasteiger partial charge in [0.2, 0.25) is 5.91 Å². The van der Waals surface area contributed by atoms with Crippen molar-refractivity contribution in [2.75, 3.05) is 4.90 Å². The third-order valence-corrected chi connectivity index (χ3v) is 3.44. The van der Waals surface area contributed by atoms with Gasteiger partial charge in [0, 0.05) is 23.5 Å². The fourth-order valence-corrected chi connectivity index (χ4v) is 2.34. The normalized spacial score (nSPS) is 10.1. The number of carbonyl (C=O) groups is 1. The van der Waals surface area contributed by atoms with Crippen LogP contribution in [0.1, 0.15) is 27.2 Å². The molecule has 1 aromatic rings. The molecule has 1 rings (SSSR count). The van der Waals surface area contributed by atoms with Crippen LogP contribution < -0.4 is 4.90 Å². The van der Waals surface area contributed by atoms with E-state index in [4.69, 9.17) is 0 Å². The highest BCUT2D eigenvalue weighted by Crippen LogP contribution is 2.33. The fourth-order valence-electron chi connectivity index (χ4n) is 1.92. The number of non-ortho nitro benzene ring substituents is 1. The molecule has 0 saturated heterocycles. The van der Waals surface area contributed by atoms with Crippen LogP contribution in [0.25, 0.3) is 0 Å². The number of nitrogens with zero attached hydrogens (tertiary/aromatic N) is 2. The van der Waals surface area contributed by atoms with E-state index < -0.39 is 4.92 Å². The Morgan fingerprint density at radius 1 is 1.52 bits per heavy atom. The quantitative estimate of drug-likeness (QED) is 0.447. The molecule has 0 fully saturated rings. The summed E-state index contributed by atoms with van der Waals surface area (Å²) in [5.74, 6) is 0.0524. The summed E-state index contributed by atoms with van der Waals surface area (Å²) < 4.78 is 0.597. The van der Waals surface area contributed by atoms with Gasteiger partial charge in [-0.15, -0.1) is 5.73 Å². The van der Waals surface area contributed by atoms with Gasteiger partial charge in [0.05, 0.1) is 16.3 Å². The van der Waals surface area contributed by atoms with E-state index in [0.717, 1.165) is 0 Å². The fraction of sp³-hybridized carbons (Fsp3) is 0.333. The first kappa shape index (κ1) is 17.1. The van der Waals surface area contributed by atoms with Crippen LogP contribution in [0.5, 0.6) is 0 Å². The van der Waals surface area contributed by atoms with Crippen molar-refractivity contribution in [2.45, 2.75) is 27.2 Å². The average molecular weight is 353 g/mol. The maximum absolute atomic E-state index is 12.0. The van der Waals surface area contributed by atoms with Crippen molar-refractivity contribution in [1.29, 1.82) is 0 Å². The molecule has 0 spiro atoms. The number of anilines is 1. The molecule has 21 heavy (non-hydrogen) atoms. The van der Waals surface area contributed by atoms with Crippen molar-refractivity contribution in [1.82, 2.24) is 0 Å². The number of rotatable bonds is 5. The van der Waals surface area contributed by atoms with Crippen LogP contribution in [0.2, 0.25) is 0 Å². The predicted octanol–water partition coefficient (Wildman–Crippen LogP) is 4.43. The van der Waals surface area contributed by atoms with Crippen LogP contribution in [0.4, 0.5) is 11.4 Å². The molecule has 0 aliphatic carbocycles. The Kier molecular flexibility index (Phi) is 5.88. The molecule has 0 atom stereocenters. The molecule has 0 bridgehead atoms. The highest BCUT2D eigenvalue weighted by Gasteiger charge is 2.22. The largest absolute Gasteiger partial charge is 0.277 e. The van der Waals surface area contributed by atoms with Crippen LogP contribution in [0.3, 0.4) is 0 Å². The number of hydrogen-bond donors (Lipinski definition) is 0. The van der Waals surface area contributed by atoms with E-state index >= 15 is 0 Å². The van der Waals surface area contributed by atoms with Crippen LogP contribution in [-0.2, 0) is 4.79 Å². The van der Waals surface area contributed by atoms with Gasteiger partial charge in [0.15, 0.2) is 0 Å². The van der Waals surface area contributed by atoms with Crippen molar-refractivity contribution < 1.29 is 9.72 Å². The third-order valence-electron chi connectivity index (χ3n) is 2.77. The molecule has 0 aromatic heterocycles. The number of benzene rings is 1. The first-order valence-corrected chi connectivity index (χ1v) is 7.20. The Hall–Kier alpha value is -1.91. The van der Waals surface area contributed by atoms with Crippen molar-refractivity contribution >= 4 is 33.2 Å². The highest BCUT2D eigenvalue weighted by molar-refractivity contribution is 9.10. The lowest BCUT2D eigenvalue weighted by atomic mass is 10.1. The summed E-state index contributed by atoms with van der Waals surface area (Å²) in [6.07, 6.45) is 0.595. The zero-order valence-corrected chi connectivity index (χ0v) is 13.8. The zero-order chi connectivity index (χ0) is 16.2. The lowest BCUT2D eigenvalue weighted by Crippen LogP contribution is -2.28. The number of nitro benzene ring substituents is 1. The average Bonchev–Trinajstić information content (AvgIpc) is 2.38. The Morgan fingerprint density at radius 3 is 2.57 bits per heavy atom. The van der Waals surface area contributed by atoms with Gasteiger partial charge in [-0.3, -0.25) is 19.8 Å². The molecule has 0 unspecified atom stereocenters. The van der Waals surface area contributed by atoms with Crippen LogP contribution in [-0.4, -0.2) is 10.8 Å². The molecular formula is C15H17BrN2O3. The van der Waals surface area contributed by atoms with Gasteiger partial charge >= 0.3 is 0 Å². The molecule has 1 amide bonds. The summed E-state index contributed by atoms with van der Waals surface area (Å²) in [7, 11) is 0. The summed E-state index contributed by atoms with van der Waals surface area (Å²) in [6.45, 7) is 9.05. The van der Waals surface area contributed by atoms with E-state index in [1.807, 2.05) is 13.8 Å². The molecule has 112 valence electrons. The molecule has 6 heteroatoms. The number of allylic oxidation sites excluding steroid dienone is 1. The molecule has 1 aromatic carbocycles. The van der Waals surface area contributed by atoms with Gasteiger partial charge in [-0.2, -0.15) is 0 Å². The van der Waals surface area contributed by atoms with Crippen molar-refractivity contribution in [3.63, 3.8) is 0 Å². The minimum Gasteiger partial charge on any atom is -0.277 e. The van der Waals surface area contributed by atoms with Gasteiger partial charge in [0.25, 0.3) is 5.69 Å². The lowest BCUT2D eigenvalue weighted by Gasteiger charge is -2.25.